The second kappa shape index (κ2) is 6.34. The first-order chi connectivity index (χ1) is 9.86. The molecule has 5 heteroatoms. The fraction of sp³-hybridized carbons (Fsp3) is 0.875. The molecule has 1 N–H and O–H groups in total. The summed E-state index contributed by atoms with van der Waals surface area (Å²) in [5.74, 6) is 0.388. The molecule has 0 bridgehead atoms. The van der Waals surface area contributed by atoms with Crippen LogP contribution in [0.25, 0.3) is 0 Å². The Hall–Kier alpha value is -1.10. The molecular formula is C16H28N2O3. The molecule has 2 aliphatic heterocycles. The number of carbonyl (C=O) groups excluding carboxylic acids is 2. The molecule has 0 saturated carbocycles. The van der Waals surface area contributed by atoms with Gasteiger partial charge >= 0.3 is 0 Å². The van der Waals surface area contributed by atoms with E-state index in [1.165, 1.54) is 0 Å². The number of hydrogen-bond acceptors (Lipinski definition) is 3. The molecule has 0 aromatic carbocycles. The van der Waals surface area contributed by atoms with E-state index in [1.807, 2.05) is 25.7 Å². The molecule has 0 atom stereocenters. The van der Waals surface area contributed by atoms with Crippen molar-refractivity contribution < 1.29 is 14.7 Å². The minimum atomic E-state index is -0.654. The van der Waals surface area contributed by atoms with Crippen LogP contribution in [0.3, 0.4) is 0 Å². The van der Waals surface area contributed by atoms with E-state index in [4.69, 9.17) is 0 Å². The molecular weight excluding hydrogens is 268 g/mol. The van der Waals surface area contributed by atoms with Gasteiger partial charge in [0.15, 0.2) is 0 Å². The van der Waals surface area contributed by atoms with Gasteiger partial charge < -0.3 is 14.9 Å². The third-order valence-electron chi connectivity index (χ3n) is 4.65. The van der Waals surface area contributed by atoms with Crippen LogP contribution in [-0.4, -0.2) is 58.5 Å². The topological polar surface area (TPSA) is 60.9 Å². The number of β-amino-alcohol motifs (C(OH)–C–C–N with tert-alkyl or cyclic N) is 1. The van der Waals surface area contributed by atoms with E-state index >= 15 is 0 Å². The van der Waals surface area contributed by atoms with Gasteiger partial charge in [0.05, 0.1) is 18.7 Å². The highest BCUT2D eigenvalue weighted by molar-refractivity contribution is 5.81. The largest absolute Gasteiger partial charge is 0.386 e. The SMILES string of the molecule is CCCC1(O)CN(C(=O)C2CCN(C(=O)C(C)C)CC2)C1. The van der Waals surface area contributed by atoms with Crippen LogP contribution in [0.5, 0.6) is 0 Å². The minimum Gasteiger partial charge on any atom is -0.386 e. The fourth-order valence-corrected chi connectivity index (χ4v) is 3.41. The number of aliphatic hydroxyl groups is 1. The van der Waals surface area contributed by atoms with Gasteiger partial charge in [-0.15, -0.1) is 0 Å². The van der Waals surface area contributed by atoms with Crippen molar-refractivity contribution in [3.8, 4) is 0 Å². The van der Waals surface area contributed by atoms with Gasteiger partial charge in [-0.05, 0) is 19.3 Å². The van der Waals surface area contributed by atoms with Crippen molar-refractivity contribution in [3.05, 3.63) is 0 Å². The second-order valence-corrected chi connectivity index (χ2v) is 6.92. The molecule has 2 fully saturated rings. The summed E-state index contributed by atoms with van der Waals surface area (Å²) in [6.45, 7) is 8.18. The highest BCUT2D eigenvalue weighted by Crippen LogP contribution is 2.29. The van der Waals surface area contributed by atoms with E-state index in [-0.39, 0.29) is 23.7 Å². The zero-order valence-corrected chi connectivity index (χ0v) is 13.5. The standard InChI is InChI=1S/C16H28N2O3/c1-4-7-16(21)10-18(11-16)15(20)13-5-8-17(9-6-13)14(19)12(2)3/h12-13,21H,4-11H2,1-3H3. The summed E-state index contributed by atoms with van der Waals surface area (Å²) in [4.78, 5) is 28.0. The van der Waals surface area contributed by atoms with Crippen LogP contribution < -0.4 is 0 Å². The van der Waals surface area contributed by atoms with Gasteiger partial charge in [0, 0.05) is 24.9 Å². The maximum atomic E-state index is 12.4. The van der Waals surface area contributed by atoms with Crippen LogP contribution in [0.2, 0.25) is 0 Å². The molecule has 120 valence electrons. The van der Waals surface area contributed by atoms with E-state index in [0.717, 1.165) is 25.7 Å². The maximum absolute atomic E-state index is 12.4. The Morgan fingerprint density at radius 2 is 1.76 bits per heavy atom. The predicted octanol–water partition coefficient (Wildman–Crippen LogP) is 1.25. The van der Waals surface area contributed by atoms with Crippen molar-refractivity contribution >= 4 is 11.8 Å². The zero-order chi connectivity index (χ0) is 15.6. The van der Waals surface area contributed by atoms with E-state index in [1.54, 1.807) is 4.90 Å². The molecule has 0 unspecified atom stereocenters. The Bertz CT molecular complexity index is 394. The molecule has 0 aromatic heterocycles. The van der Waals surface area contributed by atoms with Crippen LogP contribution in [0.4, 0.5) is 0 Å². The summed E-state index contributed by atoms with van der Waals surface area (Å²) >= 11 is 0. The van der Waals surface area contributed by atoms with E-state index in [2.05, 4.69) is 0 Å². The normalized spacial score (nSPS) is 22.3. The van der Waals surface area contributed by atoms with Crippen LogP contribution >= 0.6 is 0 Å². The van der Waals surface area contributed by atoms with Crippen LogP contribution in [0.1, 0.15) is 46.5 Å². The lowest BCUT2D eigenvalue weighted by molar-refractivity contribution is -0.162. The first-order valence-corrected chi connectivity index (χ1v) is 8.16. The Morgan fingerprint density at radius 3 is 2.24 bits per heavy atom. The quantitative estimate of drug-likeness (QED) is 0.849. The highest BCUT2D eigenvalue weighted by Gasteiger charge is 2.44. The number of piperidine rings is 1. The lowest BCUT2D eigenvalue weighted by Gasteiger charge is -2.48. The Labute approximate surface area is 127 Å². The van der Waals surface area contributed by atoms with Gasteiger partial charge in [-0.25, -0.2) is 0 Å². The van der Waals surface area contributed by atoms with Crippen LogP contribution in [0.15, 0.2) is 0 Å². The van der Waals surface area contributed by atoms with E-state index < -0.39 is 5.60 Å². The highest BCUT2D eigenvalue weighted by atomic mass is 16.3. The lowest BCUT2D eigenvalue weighted by atomic mass is 9.86. The van der Waals surface area contributed by atoms with Crippen LogP contribution in [-0.2, 0) is 9.59 Å². The number of amides is 2. The molecule has 0 radical (unpaired) electrons. The summed E-state index contributed by atoms with van der Waals surface area (Å²) in [5.41, 5.74) is -0.654. The Kier molecular flexibility index (Phi) is 4.91. The molecule has 2 heterocycles. The minimum absolute atomic E-state index is 0.0207. The Morgan fingerprint density at radius 1 is 1.19 bits per heavy atom. The lowest BCUT2D eigenvalue weighted by Crippen LogP contribution is -2.64. The molecule has 0 aliphatic carbocycles. The predicted molar refractivity (Wildman–Crippen MR) is 80.6 cm³/mol. The molecule has 21 heavy (non-hydrogen) atoms. The molecule has 2 saturated heterocycles. The molecule has 2 rings (SSSR count). The molecule has 2 aliphatic rings. The van der Waals surface area contributed by atoms with Crippen molar-refractivity contribution in [2.45, 2.75) is 52.1 Å². The van der Waals surface area contributed by atoms with Crippen molar-refractivity contribution in [2.24, 2.45) is 11.8 Å². The van der Waals surface area contributed by atoms with Crippen molar-refractivity contribution in [2.75, 3.05) is 26.2 Å². The third kappa shape index (κ3) is 3.57. The van der Waals surface area contributed by atoms with Crippen molar-refractivity contribution in [3.63, 3.8) is 0 Å². The number of hydrogen-bond donors (Lipinski definition) is 1. The second-order valence-electron chi connectivity index (χ2n) is 6.92. The van der Waals surface area contributed by atoms with Gasteiger partial charge in [0.2, 0.25) is 11.8 Å². The number of carbonyl (C=O) groups is 2. The third-order valence-corrected chi connectivity index (χ3v) is 4.65. The summed E-state index contributed by atoms with van der Waals surface area (Å²) in [6.07, 6.45) is 3.20. The van der Waals surface area contributed by atoms with Crippen molar-refractivity contribution in [1.82, 2.24) is 9.80 Å². The summed E-state index contributed by atoms with van der Waals surface area (Å²) in [6, 6.07) is 0. The van der Waals surface area contributed by atoms with Gasteiger partial charge in [0.1, 0.15) is 0 Å². The van der Waals surface area contributed by atoms with Gasteiger partial charge in [-0.3, -0.25) is 9.59 Å². The number of likely N-dealkylation sites (tertiary alicyclic amines) is 2. The van der Waals surface area contributed by atoms with Gasteiger partial charge in [0.25, 0.3) is 0 Å². The first-order valence-electron chi connectivity index (χ1n) is 8.16. The van der Waals surface area contributed by atoms with E-state index in [0.29, 0.717) is 26.2 Å². The Balaban J connectivity index is 1.78. The maximum Gasteiger partial charge on any atom is 0.226 e. The average molecular weight is 296 g/mol. The van der Waals surface area contributed by atoms with Crippen molar-refractivity contribution in [1.29, 1.82) is 0 Å². The molecule has 5 nitrogen and oxygen atoms in total. The van der Waals surface area contributed by atoms with Gasteiger partial charge in [-0.2, -0.15) is 0 Å². The molecule has 0 spiro atoms. The number of rotatable bonds is 4. The first kappa shape index (κ1) is 16.3. The number of nitrogens with zero attached hydrogens (tertiary/aromatic N) is 2. The summed E-state index contributed by atoms with van der Waals surface area (Å²) in [7, 11) is 0. The van der Waals surface area contributed by atoms with Crippen LogP contribution in [0, 0.1) is 11.8 Å². The summed E-state index contributed by atoms with van der Waals surface area (Å²) in [5, 5.41) is 10.2. The average Bonchev–Trinajstić information content (AvgIpc) is 2.43. The molecule has 0 aromatic rings. The van der Waals surface area contributed by atoms with E-state index in [9.17, 15) is 14.7 Å². The monoisotopic (exact) mass is 296 g/mol. The smallest absolute Gasteiger partial charge is 0.226 e. The summed E-state index contributed by atoms with van der Waals surface area (Å²) < 4.78 is 0. The van der Waals surface area contributed by atoms with Gasteiger partial charge in [-0.1, -0.05) is 27.2 Å². The zero-order valence-electron chi connectivity index (χ0n) is 13.5. The fourth-order valence-electron chi connectivity index (χ4n) is 3.41. The molecule has 2 amide bonds.